The van der Waals surface area contributed by atoms with Gasteiger partial charge in [0.15, 0.2) is 0 Å². The quantitative estimate of drug-likeness (QED) is 0.436. The number of carbonyl (C=O) groups is 4. The van der Waals surface area contributed by atoms with Crippen LogP contribution in [0.15, 0.2) is 30.3 Å². The molecule has 9 nitrogen and oxygen atoms in total. The van der Waals surface area contributed by atoms with Crippen LogP contribution in [0.1, 0.15) is 25.3 Å². The molecule has 2 rings (SSSR count). The number of amides is 4. The first-order valence-corrected chi connectivity index (χ1v) is 9.15. The Morgan fingerprint density at radius 2 is 1.86 bits per heavy atom. The number of hydrogen-bond donors (Lipinski definition) is 4. The topological polar surface area (TPSA) is 142 Å². The van der Waals surface area contributed by atoms with Crippen LogP contribution in [0.3, 0.4) is 0 Å². The first kappa shape index (κ1) is 21.4. The van der Waals surface area contributed by atoms with Gasteiger partial charge in [-0.25, -0.2) is 0 Å². The number of nitrogens with zero attached hydrogens (tertiary/aromatic N) is 1. The van der Waals surface area contributed by atoms with Gasteiger partial charge >= 0.3 is 0 Å². The van der Waals surface area contributed by atoms with Crippen molar-refractivity contribution < 1.29 is 24.3 Å². The third-order valence-electron chi connectivity index (χ3n) is 4.64. The lowest BCUT2D eigenvalue weighted by Crippen LogP contribution is -2.56. The Bertz CT molecular complexity index is 724. The van der Waals surface area contributed by atoms with Crippen molar-refractivity contribution in [3.05, 3.63) is 35.9 Å². The zero-order valence-electron chi connectivity index (χ0n) is 15.8. The summed E-state index contributed by atoms with van der Waals surface area (Å²) in [5.74, 6) is -2.14. The monoisotopic (exact) mass is 390 g/mol. The van der Waals surface area contributed by atoms with Gasteiger partial charge in [0, 0.05) is 19.9 Å². The maximum absolute atomic E-state index is 12.7. The molecule has 1 heterocycles. The van der Waals surface area contributed by atoms with E-state index in [-0.39, 0.29) is 6.42 Å². The van der Waals surface area contributed by atoms with Crippen LogP contribution in [-0.4, -0.2) is 64.9 Å². The Morgan fingerprint density at radius 3 is 2.43 bits per heavy atom. The van der Waals surface area contributed by atoms with Crippen LogP contribution in [-0.2, 0) is 25.6 Å². The fourth-order valence-corrected chi connectivity index (χ4v) is 3.27. The lowest BCUT2D eigenvalue weighted by molar-refractivity contribution is -0.142. The van der Waals surface area contributed by atoms with E-state index in [1.165, 1.54) is 11.8 Å². The molecule has 1 aromatic carbocycles. The number of aliphatic hydroxyl groups is 1. The van der Waals surface area contributed by atoms with Gasteiger partial charge in [-0.2, -0.15) is 0 Å². The van der Waals surface area contributed by atoms with E-state index in [1.54, 1.807) is 0 Å². The summed E-state index contributed by atoms with van der Waals surface area (Å²) in [5.41, 5.74) is 6.28. The first-order chi connectivity index (χ1) is 13.3. The van der Waals surface area contributed by atoms with Crippen LogP contribution in [0.5, 0.6) is 0 Å². The standard InChI is InChI=1S/C19H26N4O5/c1-12(25)21-15(11-24)19(28)23-9-5-8-16(23)18(27)22-14(17(20)26)10-13-6-3-2-4-7-13/h2-4,6-7,14-16,24H,5,8-11H2,1H3,(H2,20,26)(H,21,25)(H,22,27)/t14-,15-,16-/m0/s1. The number of rotatable bonds is 8. The highest BCUT2D eigenvalue weighted by Crippen LogP contribution is 2.19. The van der Waals surface area contributed by atoms with Gasteiger partial charge in [-0.15, -0.1) is 0 Å². The SMILES string of the molecule is CC(=O)N[C@@H](CO)C(=O)N1CCC[C@H]1C(=O)N[C@@H](Cc1ccccc1)C(N)=O. The number of hydrogen-bond acceptors (Lipinski definition) is 5. The van der Waals surface area contributed by atoms with Gasteiger partial charge < -0.3 is 26.4 Å². The number of likely N-dealkylation sites (tertiary alicyclic amines) is 1. The molecule has 1 aliphatic rings. The van der Waals surface area contributed by atoms with Gasteiger partial charge in [-0.05, 0) is 18.4 Å². The molecule has 1 aromatic rings. The lowest BCUT2D eigenvalue weighted by atomic mass is 10.0. The van der Waals surface area contributed by atoms with E-state index in [0.29, 0.717) is 19.4 Å². The Labute approximate surface area is 163 Å². The van der Waals surface area contributed by atoms with Crippen molar-refractivity contribution in [3.8, 4) is 0 Å². The summed E-state index contributed by atoms with van der Waals surface area (Å²) in [7, 11) is 0. The molecule has 1 fully saturated rings. The van der Waals surface area contributed by atoms with Gasteiger partial charge in [0.1, 0.15) is 18.1 Å². The summed E-state index contributed by atoms with van der Waals surface area (Å²) in [6.45, 7) is 0.999. The fourth-order valence-electron chi connectivity index (χ4n) is 3.27. The molecule has 0 saturated carbocycles. The van der Waals surface area contributed by atoms with Gasteiger partial charge in [-0.3, -0.25) is 19.2 Å². The smallest absolute Gasteiger partial charge is 0.248 e. The fraction of sp³-hybridized carbons (Fsp3) is 0.474. The molecule has 4 amide bonds. The Hall–Kier alpha value is -2.94. The number of aliphatic hydroxyl groups excluding tert-OH is 1. The van der Waals surface area contributed by atoms with E-state index in [9.17, 15) is 24.3 Å². The molecule has 28 heavy (non-hydrogen) atoms. The van der Waals surface area contributed by atoms with Gasteiger partial charge in [0.2, 0.25) is 23.6 Å². The highest BCUT2D eigenvalue weighted by molar-refractivity contribution is 5.94. The van der Waals surface area contributed by atoms with Gasteiger partial charge in [0.25, 0.3) is 0 Å². The molecule has 0 spiro atoms. The van der Waals surface area contributed by atoms with E-state index in [2.05, 4.69) is 10.6 Å². The summed E-state index contributed by atoms with van der Waals surface area (Å²) < 4.78 is 0. The second-order valence-electron chi connectivity index (χ2n) is 6.78. The number of primary amides is 1. The van der Waals surface area contributed by atoms with Crippen molar-refractivity contribution in [2.24, 2.45) is 5.73 Å². The summed E-state index contributed by atoms with van der Waals surface area (Å²) in [4.78, 5) is 49.7. The molecule has 9 heteroatoms. The molecule has 1 aliphatic heterocycles. The molecule has 0 unspecified atom stereocenters. The lowest BCUT2D eigenvalue weighted by Gasteiger charge is -2.28. The molecule has 0 aliphatic carbocycles. The van der Waals surface area contributed by atoms with Crippen LogP contribution in [0.4, 0.5) is 0 Å². The van der Waals surface area contributed by atoms with E-state index in [0.717, 1.165) is 5.56 Å². The largest absolute Gasteiger partial charge is 0.394 e. The minimum atomic E-state index is -1.11. The maximum atomic E-state index is 12.7. The van der Waals surface area contributed by atoms with Gasteiger partial charge in [-0.1, -0.05) is 30.3 Å². The summed E-state index contributed by atoms with van der Waals surface area (Å²) >= 11 is 0. The normalized spacial score (nSPS) is 18.2. The van der Waals surface area contributed by atoms with Gasteiger partial charge in [0.05, 0.1) is 6.61 Å². The third kappa shape index (κ3) is 5.53. The number of nitrogens with one attached hydrogen (secondary N) is 2. The second-order valence-corrected chi connectivity index (χ2v) is 6.78. The van der Waals surface area contributed by atoms with Crippen molar-refractivity contribution in [2.45, 2.75) is 44.3 Å². The van der Waals surface area contributed by atoms with Crippen molar-refractivity contribution in [3.63, 3.8) is 0 Å². The zero-order chi connectivity index (χ0) is 20.7. The highest BCUT2D eigenvalue weighted by Gasteiger charge is 2.38. The van der Waals surface area contributed by atoms with Crippen LogP contribution in [0, 0.1) is 0 Å². The average Bonchev–Trinajstić information content (AvgIpc) is 3.15. The number of nitrogens with two attached hydrogens (primary N) is 1. The molecular weight excluding hydrogens is 364 g/mol. The zero-order valence-corrected chi connectivity index (χ0v) is 15.8. The molecule has 3 atom stereocenters. The van der Waals surface area contributed by atoms with Crippen molar-refractivity contribution >= 4 is 23.6 Å². The molecule has 0 radical (unpaired) electrons. The minimum absolute atomic E-state index is 0.244. The van der Waals surface area contributed by atoms with Crippen LogP contribution in [0.2, 0.25) is 0 Å². The molecule has 1 saturated heterocycles. The van der Waals surface area contributed by atoms with Crippen molar-refractivity contribution in [1.29, 1.82) is 0 Å². The summed E-state index contributed by atoms with van der Waals surface area (Å²) in [6.07, 6.45) is 1.27. The number of benzene rings is 1. The highest BCUT2D eigenvalue weighted by atomic mass is 16.3. The second kappa shape index (κ2) is 9.84. The predicted octanol–water partition coefficient (Wildman–Crippen LogP) is -1.31. The van der Waals surface area contributed by atoms with Crippen LogP contribution < -0.4 is 16.4 Å². The Balaban J connectivity index is 2.07. The molecule has 5 N–H and O–H groups in total. The maximum Gasteiger partial charge on any atom is 0.248 e. The number of carbonyl (C=O) groups excluding carboxylic acids is 4. The van der Waals surface area contributed by atoms with E-state index >= 15 is 0 Å². The molecule has 0 bridgehead atoms. The van der Waals surface area contributed by atoms with E-state index < -0.39 is 48.4 Å². The Kier molecular flexibility index (Phi) is 7.51. The summed E-state index contributed by atoms with van der Waals surface area (Å²) in [5, 5.41) is 14.4. The predicted molar refractivity (Wildman–Crippen MR) is 101 cm³/mol. The van der Waals surface area contributed by atoms with Crippen molar-refractivity contribution in [2.75, 3.05) is 13.2 Å². The minimum Gasteiger partial charge on any atom is -0.394 e. The Morgan fingerprint density at radius 1 is 1.18 bits per heavy atom. The first-order valence-electron chi connectivity index (χ1n) is 9.15. The molecule has 152 valence electrons. The van der Waals surface area contributed by atoms with Crippen molar-refractivity contribution in [1.82, 2.24) is 15.5 Å². The van der Waals surface area contributed by atoms with E-state index in [1.807, 2.05) is 30.3 Å². The van der Waals surface area contributed by atoms with E-state index in [4.69, 9.17) is 5.73 Å². The van der Waals surface area contributed by atoms with Crippen LogP contribution in [0.25, 0.3) is 0 Å². The average molecular weight is 390 g/mol. The molecular formula is C19H26N4O5. The molecule has 0 aromatic heterocycles. The van der Waals surface area contributed by atoms with Crippen LogP contribution >= 0.6 is 0 Å². The summed E-state index contributed by atoms with van der Waals surface area (Å²) in [6, 6.07) is 6.34. The third-order valence-corrected chi connectivity index (χ3v) is 4.64.